The highest BCUT2D eigenvalue weighted by atomic mass is 32.2. The minimum atomic E-state index is -1.44. The van der Waals surface area contributed by atoms with Gasteiger partial charge >= 0.3 is 12.1 Å². The van der Waals surface area contributed by atoms with E-state index in [4.69, 9.17) is 0 Å². The summed E-state index contributed by atoms with van der Waals surface area (Å²) in [5, 5.41) is 14.0. The standard InChI is InChI=1S/C24H26N4O5S2/c1-25-22(30)26-17-7-8-18-15(12-17)6-9-20(18)35-24(33)28(23(31)32)14-21(29)27-10-11-34-19-5-3-2-4-16(19)13-27/h2-5,7-8,12,20H,6,9-11,13-14H2,1H3,(H,31,32)(H2,25,26,30)/t20-/m0/s1. The van der Waals surface area contributed by atoms with Gasteiger partial charge < -0.3 is 20.6 Å². The number of fused-ring (bicyclic) bond motifs is 2. The lowest BCUT2D eigenvalue weighted by Gasteiger charge is -2.24. The first-order valence-corrected chi connectivity index (χ1v) is 13.0. The van der Waals surface area contributed by atoms with Crippen LogP contribution in [0.3, 0.4) is 0 Å². The molecule has 0 saturated heterocycles. The zero-order chi connectivity index (χ0) is 24.9. The van der Waals surface area contributed by atoms with Gasteiger partial charge in [-0.1, -0.05) is 36.0 Å². The Morgan fingerprint density at radius 2 is 1.97 bits per heavy atom. The number of urea groups is 1. The number of hydrogen-bond donors (Lipinski definition) is 3. The molecule has 5 amide bonds. The van der Waals surface area contributed by atoms with E-state index >= 15 is 0 Å². The van der Waals surface area contributed by atoms with E-state index in [1.807, 2.05) is 36.4 Å². The van der Waals surface area contributed by atoms with Gasteiger partial charge in [0.1, 0.15) is 6.54 Å². The van der Waals surface area contributed by atoms with Crippen molar-refractivity contribution in [2.75, 3.05) is 31.2 Å². The van der Waals surface area contributed by atoms with E-state index < -0.39 is 23.8 Å². The van der Waals surface area contributed by atoms with Gasteiger partial charge in [-0.25, -0.2) is 14.5 Å². The summed E-state index contributed by atoms with van der Waals surface area (Å²) in [5.74, 6) is 0.309. The number of amides is 5. The third kappa shape index (κ3) is 5.91. The van der Waals surface area contributed by atoms with Crippen molar-refractivity contribution in [1.82, 2.24) is 15.1 Å². The molecule has 0 aromatic heterocycles. The monoisotopic (exact) mass is 514 g/mol. The third-order valence-electron chi connectivity index (χ3n) is 5.94. The van der Waals surface area contributed by atoms with Gasteiger partial charge in [0.2, 0.25) is 5.91 Å². The SMILES string of the molecule is CNC(=O)Nc1ccc2c(c1)CC[C@@H]2SC(=O)N(CC(=O)N1CCSc2ccccc2C1)C(=O)O. The van der Waals surface area contributed by atoms with Crippen molar-refractivity contribution < 1.29 is 24.3 Å². The molecule has 0 saturated carbocycles. The molecule has 35 heavy (non-hydrogen) atoms. The summed E-state index contributed by atoms with van der Waals surface area (Å²) in [6, 6.07) is 13.0. The van der Waals surface area contributed by atoms with Gasteiger partial charge in [0.15, 0.2) is 0 Å². The number of benzene rings is 2. The Kier molecular flexibility index (Phi) is 7.86. The lowest BCUT2D eigenvalue weighted by Crippen LogP contribution is -2.44. The fourth-order valence-electron chi connectivity index (χ4n) is 4.14. The van der Waals surface area contributed by atoms with E-state index in [1.165, 1.54) is 7.05 Å². The maximum absolute atomic E-state index is 13.0. The Labute approximate surface area is 211 Å². The van der Waals surface area contributed by atoms with Crippen LogP contribution in [0.1, 0.15) is 28.4 Å². The van der Waals surface area contributed by atoms with Crippen molar-refractivity contribution >= 4 is 52.5 Å². The second-order valence-corrected chi connectivity index (χ2v) is 10.5. The van der Waals surface area contributed by atoms with Crippen LogP contribution >= 0.6 is 23.5 Å². The van der Waals surface area contributed by atoms with E-state index in [2.05, 4.69) is 10.6 Å². The van der Waals surface area contributed by atoms with E-state index in [0.29, 0.717) is 42.3 Å². The molecule has 2 aliphatic rings. The maximum Gasteiger partial charge on any atom is 0.415 e. The van der Waals surface area contributed by atoms with Gasteiger partial charge in [-0.2, -0.15) is 0 Å². The Morgan fingerprint density at radius 3 is 2.74 bits per heavy atom. The van der Waals surface area contributed by atoms with E-state index in [0.717, 1.165) is 33.3 Å². The molecule has 0 unspecified atom stereocenters. The van der Waals surface area contributed by atoms with Crippen LogP contribution < -0.4 is 10.6 Å². The number of carbonyl (C=O) groups is 4. The molecule has 0 spiro atoms. The quantitative estimate of drug-likeness (QED) is 0.554. The maximum atomic E-state index is 13.0. The molecule has 1 heterocycles. The van der Waals surface area contributed by atoms with Crippen LogP contribution in [-0.2, 0) is 17.8 Å². The minimum Gasteiger partial charge on any atom is -0.465 e. The van der Waals surface area contributed by atoms with Crippen molar-refractivity contribution in [2.24, 2.45) is 0 Å². The predicted octanol–water partition coefficient (Wildman–Crippen LogP) is 4.39. The van der Waals surface area contributed by atoms with Crippen molar-refractivity contribution in [3.05, 3.63) is 59.2 Å². The number of carboxylic acid groups (broad SMARTS) is 1. The number of anilines is 1. The first kappa shape index (κ1) is 24.9. The third-order valence-corrected chi connectivity index (χ3v) is 8.24. The highest BCUT2D eigenvalue weighted by Gasteiger charge is 2.32. The van der Waals surface area contributed by atoms with Crippen molar-refractivity contribution in [2.45, 2.75) is 29.5 Å². The molecule has 0 bridgehead atoms. The largest absolute Gasteiger partial charge is 0.465 e. The number of aryl methyl sites for hydroxylation is 1. The highest BCUT2D eigenvalue weighted by molar-refractivity contribution is 8.13. The molecular weight excluding hydrogens is 488 g/mol. The molecule has 184 valence electrons. The van der Waals surface area contributed by atoms with Crippen LogP contribution in [0.2, 0.25) is 0 Å². The fourth-order valence-corrected chi connectivity index (χ4v) is 6.27. The number of nitrogens with zero attached hydrogens (tertiary/aromatic N) is 2. The first-order valence-electron chi connectivity index (χ1n) is 11.2. The number of thioether (sulfide) groups is 2. The van der Waals surface area contributed by atoms with Crippen LogP contribution in [0.15, 0.2) is 47.4 Å². The summed E-state index contributed by atoms with van der Waals surface area (Å²) in [7, 11) is 1.53. The number of nitrogens with one attached hydrogen (secondary N) is 2. The molecule has 2 aromatic carbocycles. The Balaban J connectivity index is 1.41. The van der Waals surface area contributed by atoms with Gasteiger partial charge in [0, 0.05) is 41.7 Å². The zero-order valence-corrected chi connectivity index (χ0v) is 20.8. The van der Waals surface area contributed by atoms with Crippen LogP contribution in [0, 0.1) is 0 Å². The van der Waals surface area contributed by atoms with E-state index in [9.17, 15) is 24.3 Å². The van der Waals surface area contributed by atoms with Gasteiger partial charge in [-0.15, -0.1) is 11.8 Å². The minimum absolute atomic E-state index is 0.218. The summed E-state index contributed by atoms with van der Waals surface area (Å²) in [5.41, 5.74) is 3.60. The van der Waals surface area contributed by atoms with Crippen molar-refractivity contribution in [1.29, 1.82) is 0 Å². The number of rotatable bonds is 4. The summed E-state index contributed by atoms with van der Waals surface area (Å²) in [4.78, 5) is 52.7. The summed E-state index contributed by atoms with van der Waals surface area (Å²) in [6.07, 6.45) is -0.0688. The van der Waals surface area contributed by atoms with Crippen LogP contribution in [0.4, 0.5) is 20.1 Å². The average molecular weight is 515 g/mol. The highest BCUT2D eigenvalue weighted by Crippen LogP contribution is 2.43. The van der Waals surface area contributed by atoms with Crippen LogP contribution in [-0.4, -0.2) is 64.1 Å². The predicted molar refractivity (Wildman–Crippen MR) is 136 cm³/mol. The zero-order valence-electron chi connectivity index (χ0n) is 19.2. The summed E-state index contributed by atoms with van der Waals surface area (Å²) in [6.45, 7) is 0.358. The lowest BCUT2D eigenvalue weighted by molar-refractivity contribution is -0.131. The summed E-state index contributed by atoms with van der Waals surface area (Å²) >= 11 is 2.58. The second kappa shape index (κ2) is 11.0. The summed E-state index contributed by atoms with van der Waals surface area (Å²) < 4.78 is 0. The normalized spacial score (nSPS) is 16.5. The number of hydrogen-bond acceptors (Lipinski definition) is 6. The van der Waals surface area contributed by atoms with Crippen LogP contribution in [0.5, 0.6) is 0 Å². The topological polar surface area (TPSA) is 119 Å². The van der Waals surface area contributed by atoms with Gasteiger partial charge in [-0.3, -0.25) is 9.59 Å². The molecule has 0 fully saturated rings. The van der Waals surface area contributed by atoms with Crippen molar-refractivity contribution in [3.8, 4) is 0 Å². The smallest absolute Gasteiger partial charge is 0.415 e. The molecule has 11 heteroatoms. The van der Waals surface area contributed by atoms with Crippen LogP contribution in [0.25, 0.3) is 0 Å². The van der Waals surface area contributed by atoms with Gasteiger partial charge in [-0.05, 0) is 47.7 Å². The molecule has 0 radical (unpaired) electrons. The van der Waals surface area contributed by atoms with Crippen molar-refractivity contribution in [3.63, 3.8) is 0 Å². The van der Waals surface area contributed by atoms with Gasteiger partial charge in [0.25, 0.3) is 5.24 Å². The average Bonchev–Trinajstić information content (AvgIpc) is 3.09. The Hall–Kier alpha value is -3.18. The molecule has 2 aromatic rings. The first-order chi connectivity index (χ1) is 16.9. The molecule has 4 rings (SSSR count). The fraction of sp³-hybridized carbons (Fsp3) is 0.333. The number of imide groups is 1. The molecule has 1 atom stereocenters. The number of carbonyl (C=O) groups excluding carboxylic acids is 3. The molecular formula is C24H26N4O5S2. The molecule has 9 nitrogen and oxygen atoms in total. The Bertz CT molecular complexity index is 1160. The molecule has 1 aliphatic carbocycles. The molecule has 1 aliphatic heterocycles. The molecule has 3 N–H and O–H groups in total. The second-order valence-electron chi connectivity index (χ2n) is 8.17. The lowest BCUT2D eigenvalue weighted by atomic mass is 10.1. The Morgan fingerprint density at radius 1 is 1.17 bits per heavy atom. The van der Waals surface area contributed by atoms with Gasteiger partial charge in [0.05, 0.1) is 0 Å². The van der Waals surface area contributed by atoms with E-state index in [-0.39, 0.29) is 11.3 Å². The van der Waals surface area contributed by atoms with E-state index in [1.54, 1.807) is 22.7 Å².